The molecule has 1 aromatic heterocycles. The summed E-state index contributed by atoms with van der Waals surface area (Å²) in [5.74, 6) is 0. The van der Waals surface area contributed by atoms with Crippen molar-refractivity contribution in [2.24, 2.45) is 4.99 Å². The van der Waals surface area contributed by atoms with E-state index in [0.29, 0.717) is 0 Å². The molecule has 1 heterocycles. The summed E-state index contributed by atoms with van der Waals surface area (Å²) in [6, 6.07) is 41.0. The van der Waals surface area contributed by atoms with Crippen molar-refractivity contribution in [3.63, 3.8) is 0 Å². The first-order valence-electron chi connectivity index (χ1n) is 14.9. The lowest BCUT2D eigenvalue weighted by atomic mass is 9.79. The van der Waals surface area contributed by atoms with Gasteiger partial charge in [-0.05, 0) is 74.5 Å². The van der Waals surface area contributed by atoms with Gasteiger partial charge in [-0.2, -0.15) is 0 Å². The highest BCUT2D eigenvalue weighted by Crippen LogP contribution is 2.39. The number of aromatic nitrogens is 1. The maximum atomic E-state index is 5.19. The predicted octanol–water partition coefficient (Wildman–Crippen LogP) is 11.6. The Labute approximate surface area is 259 Å². The van der Waals surface area contributed by atoms with E-state index in [2.05, 4.69) is 157 Å². The van der Waals surface area contributed by atoms with Gasteiger partial charge in [-0.15, -0.1) is 11.3 Å². The molecule has 0 saturated heterocycles. The van der Waals surface area contributed by atoms with Crippen molar-refractivity contribution in [2.45, 2.75) is 52.4 Å². The summed E-state index contributed by atoms with van der Waals surface area (Å²) in [4.78, 5) is 10.2. The van der Waals surface area contributed by atoms with Gasteiger partial charge in [0.15, 0.2) is 0 Å². The van der Waals surface area contributed by atoms with Gasteiger partial charge in [0.2, 0.25) is 0 Å². The zero-order chi connectivity index (χ0) is 30.2. The van der Waals surface area contributed by atoms with Crippen LogP contribution in [-0.2, 0) is 10.8 Å². The molecule has 0 saturated carbocycles. The Morgan fingerprint density at radius 1 is 0.581 bits per heavy atom. The van der Waals surface area contributed by atoms with Crippen molar-refractivity contribution in [1.29, 1.82) is 0 Å². The second kappa shape index (κ2) is 11.4. The molecular formula is C40H38N2S. The SMILES string of the molecule is CC(C)(C)c1cc(C=Nc2ccccc2-c2nc3c(-c4ccc(-c5ccccc5)cc4)cccc3s2)cc(C(C)(C)C)c1. The average molecular weight is 579 g/mol. The molecule has 5 aromatic carbocycles. The molecule has 0 atom stereocenters. The molecule has 214 valence electrons. The fraction of sp³-hybridized carbons (Fsp3) is 0.200. The smallest absolute Gasteiger partial charge is 0.126 e. The van der Waals surface area contributed by atoms with Crippen LogP contribution >= 0.6 is 11.3 Å². The predicted molar refractivity (Wildman–Crippen MR) is 187 cm³/mol. The summed E-state index contributed by atoms with van der Waals surface area (Å²) in [6.07, 6.45) is 2.01. The Bertz CT molecular complexity index is 1880. The minimum Gasteiger partial charge on any atom is -0.256 e. The maximum Gasteiger partial charge on any atom is 0.126 e. The van der Waals surface area contributed by atoms with Gasteiger partial charge in [-0.1, -0.05) is 126 Å². The van der Waals surface area contributed by atoms with E-state index >= 15 is 0 Å². The molecule has 0 unspecified atom stereocenters. The number of para-hydroxylation sites is 2. The number of hydrogen-bond acceptors (Lipinski definition) is 3. The number of hydrogen-bond donors (Lipinski definition) is 0. The van der Waals surface area contributed by atoms with Gasteiger partial charge in [0.05, 0.1) is 15.9 Å². The molecule has 6 rings (SSSR count). The molecule has 0 aliphatic heterocycles. The van der Waals surface area contributed by atoms with Gasteiger partial charge in [0.1, 0.15) is 5.01 Å². The maximum absolute atomic E-state index is 5.19. The number of benzene rings is 5. The van der Waals surface area contributed by atoms with E-state index in [1.54, 1.807) is 11.3 Å². The fourth-order valence-electron chi connectivity index (χ4n) is 5.27. The quantitative estimate of drug-likeness (QED) is 0.187. The van der Waals surface area contributed by atoms with Crippen molar-refractivity contribution in [2.75, 3.05) is 0 Å². The highest BCUT2D eigenvalue weighted by molar-refractivity contribution is 7.21. The lowest BCUT2D eigenvalue weighted by molar-refractivity contribution is 0.568. The van der Waals surface area contributed by atoms with Gasteiger partial charge in [0.25, 0.3) is 0 Å². The standard InChI is InChI=1S/C40H38N2S/c1-39(2,3)31-23-27(24-32(25-31)40(4,5)6)26-41-35-17-11-10-15-34(35)38-42-37-33(16-12-18-36(37)43-38)30-21-19-29(20-22-30)28-13-8-7-9-14-28/h7-26H,1-6H3. The Hall–Kier alpha value is -4.34. The largest absolute Gasteiger partial charge is 0.256 e. The zero-order valence-electron chi connectivity index (χ0n) is 25.8. The van der Waals surface area contributed by atoms with E-state index in [4.69, 9.17) is 9.98 Å². The van der Waals surface area contributed by atoms with E-state index in [0.717, 1.165) is 32.9 Å². The molecule has 0 radical (unpaired) electrons. The molecule has 43 heavy (non-hydrogen) atoms. The first-order valence-corrected chi connectivity index (χ1v) is 15.7. The molecular weight excluding hydrogens is 541 g/mol. The third-order valence-electron chi connectivity index (χ3n) is 7.90. The van der Waals surface area contributed by atoms with Crippen molar-refractivity contribution in [3.8, 4) is 32.8 Å². The molecule has 2 nitrogen and oxygen atoms in total. The van der Waals surface area contributed by atoms with Gasteiger partial charge in [0, 0.05) is 17.3 Å². The molecule has 0 aliphatic carbocycles. The number of rotatable bonds is 5. The Balaban J connectivity index is 1.36. The van der Waals surface area contributed by atoms with Crippen molar-refractivity contribution >= 4 is 33.5 Å². The van der Waals surface area contributed by atoms with E-state index in [1.165, 1.54) is 32.5 Å². The lowest BCUT2D eigenvalue weighted by Crippen LogP contribution is -2.17. The Morgan fingerprint density at radius 2 is 1.16 bits per heavy atom. The van der Waals surface area contributed by atoms with Crippen molar-refractivity contribution < 1.29 is 0 Å². The third-order valence-corrected chi connectivity index (χ3v) is 8.95. The topological polar surface area (TPSA) is 25.2 Å². The Kier molecular flexibility index (Phi) is 7.62. The van der Waals surface area contributed by atoms with Crippen LogP contribution in [0.5, 0.6) is 0 Å². The molecule has 3 heteroatoms. The van der Waals surface area contributed by atoms with Crippen LogP contribution < -0.4 is 0 Å². The molecule has 6 aromatic rings. The summed E-state index contributed by atoms with van der Waals surface area (Å²) in [7, 11) is 0. The molecule has 0 fully saturated rings. The molecule has 0 N–H and O–H groups in total. The molecule has 0 amide bonds. The number of fused-ring (bicyclic) bond motifs is 1. The minimum atomic E-state index is 0.0579. The van der Waals surface area contributed by atoms with Crippen LogP contribution in [0.4, 0.5) is 5.69 Å². The van der Waals surface area contributed by atoms with Crippen LogP contribution in [0.1, 0.15) is 58.2 Å². The van der Waals surface area contributed by atoms with E-state index < -0.39 is 0 Å². The van der Waals surface area contributed by atoms with Gasteiger partial charge in [-0.3, -0.25) is 4.99 Å². The monoisotopic (exact) mass is 578 g/mol. The summed E-state index contributed by atoms with van der Waals surface area (Å²) >= 11 is 1.72. The minimum absolute atomic E-state index is 0.0579. The summed E-state index contributed by atoms with van der Waals surface area (Å²) in [5.41, 5.74) is 11.6. The van der Waals surface area contributed by atoms with Crippen LogP contribution in [-0.4, -0.2) is 11.2 Å². The van der Waals surface area contributed by atoms with Crippen LogP contribution in [0.15, 0.2) is 120 Å². The fourth-order valence-corrected chi connectivity index (χ4v) is 6.30. The first kappa shape index (κ1) is 28.8. The lowest BCUT2D eigenvalue weighted by Gasteiger charge is -2.25. The number of thiazole rings is 1. The van der Waals surface area contributed by atoms with Crippen molar-refractivity contribution in [3.05, 3.63) is 132 Å². The molecule has 0 bridgehead atoms. The third kappa shape index (κ3) is 6.23. The van der Waals surface area contributed by atoms with Crippen LogP contribution in [0, 0.1) is 0 Å². The van der Waals surface area contributed by atoms with Crippen molar-refractivity contribution in [1.82, 2.24) is 4.98 Å². The normalized spacial score (nSPS) is 12.3. The molecule has 0 spiro atoms. The first-order chi connectivity index (χ1) is 20.6. The average Bonchev–Trinajstić information content (AvgIpc) is 3.44. The highest BCUT2D eigenvalue weighted by atomic mass is 32.1. The molecule has 0 aliphatic rings. The second-order valence-corrected chi connectivity index (χ2v) is 14.3. The van der Waals surface area contributed by atoms with Gasteiger partial charge in [-0.25, -0.2) is 4.98 Å². The summed E-state index contributed by atoms with van der Waals surface area (Å²) in [6.45, 7) is 13.6. The van der Waals surface area contributed by atoms with E-state index in [9.17, 15) is 0 Å². The number of aliphatic imine (C=N–C) groups is 1. The van der Waals surface area contributed by atoms with Gasteiger partial charge >= 0.3 is 0 Å². The number of nitrogens with zero attached hydrogens (tertiary/aromatic N) is 2. The van der Waals surface area contributed by atoms with E-state index in [1.807, 2.05) is 6.21 Å². The van der Waals surface area contributed by atoms with Gasteiger partial charge < -0.3 is 0 Å². The second-order valence-electron chi connectivity index (χ2n) is 13.2. The zero-order valence-corrected chi connectivity index (χ0v) is 26.7. The summed E-state index contributed by atoms with van der Waals surface area (Å²) in [5, 5.41) is 0.981. The summed E-state index contributed by atoms with van der Waals surface area (Å²) < 4.78 is 1.17. The van der Waals surface area contributed by atoms with Crippen LogP contribution in [0.25, 0.3) is 43.0 Å². The highest BCUT2D eigenvalue weighted by Gasteiger charge is 2.20. The van der Waals surface area contributed by atoms with Crippen LogP contribution in [0.3, 0.4) is 0 Å². The van der Waals surface area contributed by atoms with Crippen LogP contribution in [0.2, 0.25) is 0 Å². The van der Waals surface area contributed by atoms with E-state index in [-0.39, 0.29) is 10.8 Å². The Morgan fingerprint density at radius 3 is 1.84 bits per heavy atom.